The fourth-order valence-electron chi connectivity index (χ4n) is 4.62. The molecule has 1 N–H and O–H groups in total. The van der Waals surface area contributed by atoms with E-state index in [2.05, 4.69) is 19.1 Å². The van der Waals surface area contributed by atoms with Gasteiger partial charge in [-0.2, -0.15) is 0 Å². The maximum absolute atomic E-state index is 8.70. The molecule has 1 rings (SSSR count). The molecule has 0 aliphatic heterocycles. The summed E-state index contributed by atoms with van der Waals surface area (Å²) in [5.74, 6) is 0. The molecule has 0 bridgehead atoms. The molecule has 0 heterocycles. The fourth-order valence-corrected chi connectivity index (χ4v) is 4.62. The highest BCUT2D eigenvalue weighted by molar-refractivity contribution is 5.13. The van der Waals surface area contributed by atoms with E-state index in [1.165, 1.54) is 96.3 Å². The first-order chi connectivity index (χ1) is 19.9. The molecule has 0 aliphatic rings. The predicted octanol–water partition coefficient (Wildman–Crippen LogP) is 7.89. The van der Waals surface area contributed by atoms with Crippen LogP contribution in [0.1, 0.15) is 115 Å². The van der Waals surface area contributed by atoms with Crippen LogP contribution in [0, 0.1) is 0 Å². The molecule has 6 heteroatoms. The summed E-state index contributed by atoms with van der Waals surface area (Å²) < 4.78 is 28.5. The topological polar surface area (TPSA) is 66.4 Å². The molecule has 0 aliphatic carbocycles. The fraction of sp³-hybridized carbons (Fsp3) is 0.824. The van der Waals surface area contributed by atoms with E-state index in [0.29, 0.717) is 52.9 Å². The van der Waals surface area contributed by atoms with Gasteiger partial charge in [0, 0.05) is 6.61 Å². The summed E-state index contributed by atoms with van der Waals surface area (Å²) in [4.78, 5) is 0. The van der Waals surface area contributed by atoms with Crippen molar-refractivity contribution in [3.05, 3.63) is 35.9 Å². The zero-order chi connectivity index (χ0) is 28.6. The Morgan fingerprint density at radius 3 is 1.50 bits per heavy atom. The van der Waals surface area contributed by atoms with Crippen LogP contribution >= 0.6 is 0 Å². The molecular weight excluding hydrogens is 504 g/mol. The molecular formula is C34H62O6. The normalized spacial score (nSPS) is 12.2. The van der Waals surface area contributed by atoms with Crippen molar-refractivity contribution in [3.8, 4) is 0 Å². The van der Waals surface area contributed by atoms with Crippen LogP contribution < -0.4 is 0 Å². The van der Waals surface area contributed by atoms with Crippen molar-refractivity contribution >= 4 is 0 Å². The Bertz CT molecular complexity index is 599. The first kappa shape index (κ1) is 37.0. The Morgan fingerprint density at radius 1 is 0.525 bits per heavy atom. The molecule has 0 aromatic heterocycles. The summed E-state index contributed by atoms with van der Waals surface area (Å²) in [5.41, 5.74) is 1.15. The number of benzene rings is 1. The second kappa shape index (κ2) is 30.9. The SMILES string of the molecule is CCCCCCCCCCCCCCCCCCOCC(COCCOCCOCCO)OCc1ccccc1. The lowest BCUT2D eigenvalue weighted by atomic mass is 10.0. The van der Waals surface area contributed by atoms with Gasteiger partial charge in [0.25, 0.3) is 0 Å². The van der Waals surface area contributed by atoms with Gasteiger partial charge in [-0.25, -0.2) is 0 Å². The standard InChI is InChI=1S/C34H62O6/c1-2-3-4-5-6-7-8-9-10-11-12-13-14-15-16-20-24-38-31-34(40-30-33-21-18-17-19-22-33)32-39-29-28-37-27-26-36-25-23-35/h17-19,21-22,34-35H,2-16,20,23-32H2,1H3. The average molecular weight is 567 g/mol. The Labute approximate surface area is 246 Å². The molecule has 40 heavy (non-hydrogen) atoms. The summed E-state index contributed by atoms with van der Waals surface area (Å²) in [7, 11) is 0. The van der Waals surface area contributed by atoms with Gasteiger partial charge in [-0.15, -0.1) is 0 Å². The Balaban J connectivity index is 1.99. The molecule has 234 valence electrons. The monoisotopic (exact) mass is 566 g/mol. The maximum atomic E-state index is 8.70. The van der Waals surface area contributed by atoms with E-state index >= 15 is 0 Å². The highest BCUT2D eigenvalue weighted by atomic mass is 16.6. The molecule has 0 fully saturated rings. The quantitative estimate of drug-likeness (QED) is 0.0895. The Hall–Kier alpha value is -1.02. The van der Waals surface area contributed by atoms with E-state index in [1.807, 2.05) is 18.2 Å². The van der Waals surface area contributed by atoms with Crippen molar-refractivity contribution < 1.29 is 28.8 Å². The lowest BCUT2D eigenvalue weighted by Gasteiger charge is -2.18. The second-order valence-corrected chi connectivity index (χ2v) is 10.8. The highest BCUT2D eigenvalue weighted by Gasteiger charge is 2.11. The third-order valence-corrected chi connectivity index (χ3v) is 7.06. The number of aliphatic hydroxyl groups excluding tert-OH is 1. The predicted molar refractivity (Wildman–Crippen MR) is 165 cm³/mol. The van der Waals surface area contributed by atoms with Crippen LogP contribution in [-0.2, 0) is 30.3 Å². The lowest BCUT2D eigenvalue weighted by molar-refractivity contribution is -0.0749. The number of unbranched alkanes of at least 4 members (excludes halogenated alkanes) is 15. The first-order valence-electron chi connectivity index (χ1n) is 16.4. The van der Waals surface area contributed by atoms with Crippen LogP contribution in [0.15, 0.2) is 30.3 Å². The molecule has 1 aromatic rings. The zero-order valence-corrected chi connectivity index (χ0v) is 25.8. The van der Waals surface area contributed by atoms with Gasteiger partial charge < -0.3 is 28.8 Å². The van der Waals surface area contributed by atoms with Gasteiger partial charge in [0.1, 0.15) is 6.10 Å². The number of aliphatic hydroxyl groups is 1. The molecule has 1 atom stereocenters. The minimum absolute atomic E-state index is 0.0367. The van der Waals surface area contributed by atoms with E-state index in [9.17, 15) is 0 Å². The number of ether oxygens (including phenoxy) is 5. The third kappa shape index (κ3) is 25.9. The van der Waals surface area contributed by atoms with E-state index < -0.39 is 0 Å². The van der Waals surface area contributed by atoms with Gasteiger partial charge in [0.2, 0.25) is 0 Å². The van der Waals surface area contributed by atoms with Crippen LogP contribution in [0.5, 0.6) is 0 Å². The average Bonchev–Trinajstić information content (AvgIpc) is 2.98. The molecule has 0 amide bonds. The van der Waals surface area contributed by atoms with Crippen molar-refractivity contribution in [3.63, 3.8) is 0 Å². The summed E-state index contributed by atoms with van der Waals surface area (Å²) in [5, 5.41) is 8.70. The van der Waals surface area contributed by atoms with Crippen molar-refractivity contribution in [2.24, 2.45) is 0 Å². The molecule has 0 saturated heterocycles. The smallest absolute Gasteiger partial charge is 0.105 e. The summed E-state index contributed by atoms with van der Waals surface area (Å²) >= 11 is 0. The summed E-state index contributed by atoms with van der Waals surface area (Å²) in [6, 6.07) is 10.2. The molecule has 6 nitrogen and oxygen atoms in total. The Morgan fingerprint density at radius 2 is 0.975 bits per heavy atom. The Kier molecular flexibility index (Phi) is 28.6. The number of hydrogen-bond acceptors (Lipinski definition) is 6. The van der Waals surface area contributed by atoms with Gasteiger partial charge in [-0.05, 0) is 12.0 Å². The number of rotatable bonds is 32. The minimum atomic E-state index is -0.103. The second-order valence-electron chi connectivity index (χ2n) is 10.8. The van der Waals surface area contributed by atoms with Crippen molar-refractivity contribution in [1.82, 2.24) is 0 Å². The van der Waals surface area contributed by atoms with Gasteiger partial charge in [-0.1, -0.05) is 134 Å². The van der Waals surface area contributed by atoms with E-state index in [4.69, 9.17) is 28.8 Å². The lowest BCUT2D eigenvalue weighted by Crippen LogP contribution is -2.27. The molecule has 1 unspecified atom stereocenters. The maximum Gasteiger partial charge on any atom is 0.105 e. The third-order valence-electron chi connectivity index (χ3n) is 7.06. The summed E-state index contributed by atoms with van der Waals surface area (Å²) in [6.45, 7) is 7.02. The largest absolute Gasteiger partial charge is 0.394 e. The molecule has 0 spiro atoms. The van der Waals surface area contributed by atoms with Crippen LogP contribution in [-0.4, -0.2) is 70.7 Å². The number of hydrogen-bond donors (Lipinski definition) is 1. The van der Waals surface area contributed by atoms with Gasteiger partial charge in [-0.3, -0.25) is 0 Å². The van der Waals surface area contributed by atoms with Crippen LogP contribution in [0.3, 0.4) is 0 Å². The van der Waals surface area contributed by atoms with Gasteiger partial charge in [0.15, 0.2) is 0 Å². The van der Waals surface area contributed by atoms with Gasteiger partial charge >= 0.3 is 0 Å². The minimum Gasteiger partial charge on any atom is -0.394 e. The van der Waals surface area contributed by atoms with E-state index in [-0.39, 0.29) is 12.7 Å². The van der Waals surface area contributed by atoms with Crippen LogP contribution in [0.25, 0.3) is 0 Å². The molecule has 0 saturated carbocycles. The van der Waals surface area contributed by atoms with E-state index in [0.717, 1.165) is 18.6 Å². The van der Waals surface area contributed by atoms with Crippen LogP contribution in [0.2, 0.25) is 0 Å². The zero-order valence-electron chi connectivity index (χ0n) is 25.8. The van der Waals surface area contributed by atoms with Crippen molar-refractivity contribution in [2.45, 2.75) is 122 Å². The molecule has 1 aromatic carbocycles. The highest BCUT2D eigenvalue weighted by Crippen LogP contribution is 2.14. The van der Waals surface area contributed by atoms with E-state index in [1.54, 1.807) is 0 Å². The molecule has 0 radical (unpaired) electrons. The van der Waals surface area contributed by atoms with Crippen molar-refractivity contribution in [2.75, 3.05) is 59.5 Å². The van der Waals surface area contributed by atoms with Gasteiger partial charge in [0.05, 0.1) is 59.5 Å². The van der Waals surface area contributed by atoms with Crippen LogP contribution in [0.4, 0.5) is 0 Å². The summed E-state index contributed by atoms with van der Waals surface area (Å²) in [6.07, 6.45) is 21.9. The first-order valence-corrected chi connectivity index (χ1v) is 16.4. The van der Waals surface area contributed by atoms with Crippen molar-refractivity contribution in [1.29, 1.82) is 0 Å².